The average Bonchev–Trinajstić information content (AvgIpc) is 1.83. The van der Waals surface area contributed by atoms with Crippen LogP contribution in [0.5, 0.6) is 0 Å². The minimum Gasteiger partial charge on any atom is -0.322 e. The molecule has 4 nitrogen and oxygen atoms in total. The lowest BCUT2D eigenvalue weighted by Gasteiger charge is -2.06. The van der Waals surface area contributed by atoms with Crippen molar-refractivity contribution in [1.29, 1.82) is 0 Å². The van der Waals surface area contributed by atoms with Gasteiger partial charge in [0.2, 0.25) is 0 Å². The van der Waals surface area contributed by atoms with E-state index >= 15 is 0 Å². The summed E-state index contributed by atoms with van der Waals surface area (Å²) < 4.78 is 8.97. The molecule has 0 aromatic carbocycles. The Hall–Kier alpha value is -0.160. The summed E-state index contributed by atoms with van der Waals surface area (Å²) in [6.45, 7) is -0.00694. The molecule has 0 atom stereocenters. The first-order valence-corrected chi connectivity index (χ1v) is 2.00. The van der Waals surface area contributed by atoms with Crippen molar-refractivity contribution in [2.75, 3.05) is 21.3 Å². The molecule has 0 rings (SSSR count). The van der Waals surface area contributed by atoms with Crippen LogP contribution in [0.15, 0.2) is 0 Å². The van der Waals surface area contributed by atoms with Crippen LogP contribution in [-0.4, -0.2) is 21.3 Å². The van der Waals surface area contributed by atoms with Gasteiger partial charge in [-0.1, -0.05) is 0 Å². The van der Waals surface area contributed by atoms with Crippen molar-refractivity contribution in [2.45, 2.75) is 0 Å². The van der Waals surface area contributed by atoms with Crippen LogP contribution < -0.4 is 0 Å². The Bertz CT molecular complexity index is 43.3. The van der Waals surface area contributed by atoms with Gasteiger partial charge < -0.3 is 9.47 Å². The van der Waals surface area contributed by atoms with Gasteiger partial charge in [-0.2, -0.15) is 4.89 Å². The average molecular weight is 121 g/mol. The lowest BCUT2D eigenvalue weighted by Crippen LogP contribution is -2.06. The van der Waals surface area contributed by atoms with Crippen LogP contribution >= 0.6 is 0 Å². The van der Waals surface area contributed by atoms with Gasteiger partial charge in [-0.05, 0) is 0 Å². The molecule has 0 aromatic heterocycles. The minimum absolute atomic E-state index is 0.00694. The molecule has 0 bridgehead atoms. The Morgan fingerprint density at radius 3 is 1.62 bits per heavy atom. The highest BCUT2D eigenvalue weighted by Crippen LogP contribution is 2.01. The van der Waals surface area contributed by atoms with Gasteiger partial charge >= 0.3 is 6.48 Å². The fourth-order valence-corrected chi connectivity index (χ4v) is 0.219. The van der Waals surface area contributed by atoms with Gasteiger partial charge in [0.25, 0.3) is 0 Å². The fourth-order valence-electron chi connectivity index (χ4n) is 0.219. The lowest BCUT2D eigenvalue weighted by molar-refractivity contribution is -0.357. The van der Waals surface area contributed by atoms with E-state index in [1.165, 1.54) is 21.3 Å². The molecule has 0 aliphatic carbocycles. The van der Waals surface area contributed by atoms with Crippen molar-refractivity contribution in [2.24, 2.45) is 0 Å². The molecule has 0 saturated heterocycles. The van der Waals surface area contributed by atoms with Crippen molar-refractivity contribution >= 4 is 0 Å². The Labute approximate surface area is 48.2 Å². The van der Waals surface area contributed by atoms with E-state index in [2.05, 4.69) is 19.2 Å². The summed E-state index contributed by atoms with van der Waals surface area (Å²) in [5.41, 5.74) is 0. The molecule has 0 fully saturated rings. The second-order valence-electron chi connectivity index (χ2n) is 0.908. The van der Waals surface area contributed by atoms with E-state index in [1.54, 1.807) is 0 Å². The van der Waals surface area contributed by atoms with E-state index in [-0.39, 0.29) is 6.48 Å². The summed E-state index contributed by atoms with van der Waals surface area (Å²) in [6, 6.07) is 0. The van der Waals surface area contributed by atoms with Gasteiger partial charge in [-0.15, -0.1) is 0 Å². The van der Waals surface area contributed by atoms with Crippen LogP contribution in [0.2, 0.25) is 0 Å². The van der Waals surface area contributed by atoms with E-state index in [1.807, 2.05) is 0 Å². The largest absolute Gasteiger partial charge is 0.398 e. The highest BCUT2D eigenvalue weighted by molar-refractivity contribution is 4.35. The number of methoxy groups -OCH3 is 2. The van der Waals surface area contributed by atoms with Crippen molar-refractivity contribution < 1.29 is 19.2 Å². The molecule has 0 unspecified atom stereocenters. The van der Waals surface area contributed by atoms with E-state index < -0.39 is 0 Å². The first-order chi connectivity index (χ1) is 3.85. The maximum Gasteiger partial charge on any atom is 0.398 e. The third kappa shape index (κ3) is 2.92. The van der Waals surface area contributed by atoms with Crippen LogP contribution in [-0.2, 0) is 19.2 Å². The van der Waals surface area contributed by atoms with Gasteiger partial charge in [0.1, 0.15) is 0 Å². The van der Waals surface area contributed by atoms with Crippen LogP contribution in [0.3, 0.4) is 0 Å². The summed E-state index contributed by atoms with van der Waals surface area (Å²) in [6.07, 6.45) is 0. The molecule has 0 spiro atoms. The lowest BCUT2D eigenvalue weighted by atomic mass is 11.2. The van der Waals surface area contributed by atoms with Gasteiger partial charge in [-0.3, -0.25) is 0 Å². The fraction of sp³-hybridized carbons (Fsp3) is 0.750. The summed E-state index contributed by atoms with van der Waals surface area (Å²) in [5, 5.41) is 0. The standard InChI is InChI=1S/C4H9O4/c1-5-4(6-2)8-7-3/h1-3H3. The van der Waals surface area contributed by atoms with E-state index in [4.69, 9.17) is 0 Å². The van der Waals surface area contributed by atoms with Crippen molar-refractivity contribution in [3.8, 4) is 0 Å². The van der Waals surface area contributed by atoms with Crippen LogP contribution in [0.1, 0.15) is 0 Å². The van der Waals surface area contributed by atoms with E-state index in [0.717, 1.165) is 0 Å². The van der Waals surface area contributed by atoms with Crippen LogP contribution in [0, 0.1) is 6.48 Å². The van der Waals surface area contributed by atoms with Crippen molar-refractivity contribution in [3.63, 3.8) is 0 Å². The zero-order chi connectivity index (χ0) is 6.41. The predicted molar refractivity (Wildman–Crippen MR) is 25.4 cm³/mol. The normalized spacial score (nSPS) is 10.5. The molecular formula is C4H9O4. The molecule has 0 aliphatic rings. The summed E-state index contributed by atoms with van der Waals surface area (Å²) in [5.74, 6) is 0. The molecule has 1 radical (unpaired) electrons. The molecule has 0 saturated carbocycles. The zero-order valence-electron chi connectivity index (χ0n) is 5.13. The number of hydrogen-bond donors (Lipinski definition) is 0. The monoisotopic (exact) mass is 121 g/mol. The Morgan fingerprint density at radius 1 is 1.00 bits per heavy atom. The SMILES string of the molecule is COO[C](OC)OC. The van der Waals surface area contributed by atoms with Crippen molar-refractivity contribution in [1.82, 2.24) is 0 Å². The summed E-state index contributed by atoms with van der Waals surface area (Å²) in [7, 11) is 4.19. The number of hydrogen-bond acceptors (Lipinski definition) is 4. The van der Waals surface area contributed by atoms with Crippen molar-refractivity contribution in [3.05, 3.63) is 6.48 Å². The highest BCUT2D eigenvalue weighted by Gasteiger charge is 2.06. The maximum absolute atomic E-state index is 4.49. The first-order valence-electron chi connectivity index (χ1n) is 2.00. The molecule has 0 aromatic rings. The molecule has 4 heteroatoms. The molecule has 0 N–H and O–H groups in total. The number of ether oxygens (including phenoxy) is 2. The second-order valence-corrected chi connectivity index (χ2v) is 0.908. The number of rotatable bonds is 4. The Balaban J connectivity index is 3.07. The molecule has 0 heterocycles. The molecule has 0 aliphatic heterocycles. The van der Waals surface area contributed by atoms with Crippen LogP contribution in [0.4, 0.5) is 0 Å². The quantitative estimate of drug-likeness (QED) is 0.396. The van der Waals surface area contributed by atoms with Gasteiger partial charge in [0.15, 0.2) is 0 Å². The zero-order valence-corrected chi connectivity index (χ0v) is 5.13. The molecule has 0 amide bonds. The van der Waals surface area contributed by atoms with Gasteiger partial charge in [0, 0.05) is 14.2 Å². The minimum atomic E-state index is -0.00694. The molecular weight excluding hydrogens is 112 g/mol. The Kier molecular flexibility index (Phi) is 4.89. The highest BCUT2D eigenvalue weighted by atomic mass is 17.2. The van der Waals surface area contributed by atoms with E-state index in [9.17, 15) is 0 Å². The van der Waals surface area contributed by atoms with E-state index in [0.29, 0.717) is 0 Å². The topological polar surface area (TPSA) is 36.9 Å². The third-order valence-electron chi connectivity index (χ3n) is 0.485. The van der Waals surface area contributed by atoms with Crippen LogP contribution in [0.25, 0.3) is 0 Å². The van der Waals surface area contributed by atoms with Gasteiger partial charge in [0.05, 0.1) is 7.11 Å². The van der Waals surface area contributed by atoms with Gasteiger partial charge in [-0.25, -0.2) is 4.89 Å². The third-order valence-corrected chi connectivity index (χ3v) is 0.485. The predicted octanol–water partition coefficient (Wildman–Crippen LogP) is 0.304. The maximum atomic E-state index is 4.49. The smallest absolute Gasteiger partial charge is 0.322 e. The second kappa shape index (κ2) is 4.99. The summed E-state index contributed by atoms with van der Waals surface area (Å²) in [4.78, 5) is 8.51. The molecule has 49 valence electrons. The first kappa shape index (κ1) is 7.84. The Morgan fingerprint density at radius 2 is 1.50 bits per heavy atom. The summed E-state index contributed by atoms with van der Waals surface area (Å²) >= 11 is 0. The molecule has 8 heavy (non-hydrogen) atoms.